The van der Waals surface area contributed by atoms with Crippen molar-refractivity contribution in [3.63, 3.8) is 0 Å². The number of aliphatic carboxylic acids is 1. The van der Waals surface area contributed by atoms with Crippen molar-refractivity contribution < 1.29 is 15.0 Å². The zero-order valence-electron chi connectivity index (χ0n) is 17.0. The maximum Gasteiger partial charge on any atom is 0.303 e. The van der Waals surface area contributed by atoms with Crippen molar-refractivity contribution in [2.75, 3.05) is 0 Å². The van der Waals surface area contributed by atoms with Crippen LogP contribution in [0.4, 0.5) is 0 Å². The number of carbonyl (C=O) groups is 1. The fraction of sp³-hybridized carbons (Fsp3) is 0.957. The summed E-state index contributed by atoms with van der Waals surface area (Å²) in [6.07, 6.45) is 11.9. The standard InChI is InChI=1S/C23H38O3/c1-4-23(26)12-11-22(3)16(14-23)5-7-17-18-8-6-15(13-20(24)25)21(18,2)10-9-19(17)22/h15-19,26H,4-14H2,1-3H3,(H,24,25)/t15?,16?,17?,18?,19?,21?,22?,23-/m0/s1. The molecule has 0 radical (unpaired) electrons. The quantitative estimate of drug-likeness (QED) is 0.720. The predicted octanol–water partition coefficient (Wildman–Crippen LogP) is 5.26. The minimum absolute atomic E-state index is 0.252. The summed E-state index contributed by atoms with van der Waals surface area (Å²) in [5.74, 6) is 2.78. The number of fused-ring (bicyclic) bond motifs is 5. The number of hydrogen-bond donors (Lipinski definition) is 2. The first-order valence-corrected chi connectivity index (χ1v) is 11.2. The summed E-state index contributed by atoms with van der Waals surface area (Å²) in [6, 6.07) is 0. The highest BCUT2D eigenvalue weighted by Gasteiger charge is 2.61. The van der Waals surface area contributed by atoms with Gasteiger partial charge in [-0.25, -0.2) is 0 Å². The van der Waals surface area contributed by atoms with Crippen molar-refractivity contribution in [1.29, 1.82) is 0 Å². The SMILES string of the molecule is CC[C@]1(O)CCC2(C)C(CCC3C4CCC(CC(=O)O)C4(C)CCC32)C1. The molecule has 26 heavy (non-hydrogen) atoms. The van der Waals surface area contributed by atoms with Gasteiger partial charge in [0.25, 0.3) is 0 Å². The van der Waals surface area contributed by atoms with Gasteiger partial charge in [0.05, 0.1) is 5.60 Å². The van der Waals surface area contributed by atoms with Crippen LogP contribution < -0.4 is 0 Å². The van der Waals surface area contributed by atoms with Gasteiger partial charge in [0, 0.05) is 6.42 Å². The number of carboxylic acid groups (broad SMARTS) is 1. The van der Waals surface area contributed by atoms with Crippen molar-refractivity contribution in [3.05, 3.63) is 0 Å². The van der Waals surface area contributed by atoms with Crippen LogP contribution in [0.2, 0.25) is 0 Å². The lowest BCUT2D eigenvalue weighted by atomic mass is 9.43. The normalized spacial score (nSPS) is 53.5. The van der Waals surface area contributed by atoms with Gasteiger partial charge in [0.2, 0.25) is 0 Å². The Morgan fingerprint density at radius 3 is 2.38 bits per heavy atom. The highest BCUT2D eigenvalue weighted by Crippen LogP contribution is 2.68. The second-order valence-corrected chi connectivity index (χ2v) is 10.9. The van der Waals surface area contributed by atoms with Gasteiger partial charge in [0.1, 0.15) is 0 Å². The van der Waals surface area contributed by atoms with Crippen molar-refractivity contribution in [3.8, 4) is 0 Å². The monoisotopic (exact) mass is 362 g/mol. The maximum atomic E-state index is 11.4. The van der Waals surface area contributed by atoms with Crippen LogP contribution in [0.3, 0.4) is 0 Å². The van der Waals surface area contributed by atoms with E-state index in [-0.39, 0.29) is 5.41 Å². The fourth-order valence-electron chi connectivity index (χ4n) is 8.30. The molecule has 4 fully saturated rings. The van der Waals surface area contributed by atoms with E-state index in [0.717, 1.165) is 43.4 Å². The predicted molar refractivity (Wildman–Crippen MR) is 103 cm³/mol. The number of carboxylic acids is 1. The Morgan fingerprint density at radius 1 is 0.962 bits per heavy atom. The molecule has 2 N–H and O–H groups in total. The molecule has 8 atom stereocenters. The Bertz CT molecular complexity index is 574. The Hall–Kier alpha value is -0.570. The van der Waals surface area contributed by atoms with E-state index >= 15 is 0 Å². The summed E-state index contributed by atoms with van der Waals surface area (Å²) in [5, 5.41) is 20.2. The van der Waals surface area contributed by atoms with E-state index in [1.165, 1.54) is 38.5 Å². The molecule has 0 aliphatic heterocycles. The lowest BCUT2D eigenvalue weighted by Crippen LogP contribution is -2.55. The molecule has 3 heteroatoms. The maximum absolute atomic E-state index is 11.4. The van der Waals surface area contributed by atoms with E-state index < -0.39 is 11.6 Å². The molecule has 4 rings (SSSR count). The molecule has 0 amide bonds. The van der Waals surface area contributed by atoms with Crippen LogP contribution >= 0.6 is 0 Å². The van der Waals surface area contributed by atoms with Crippen LogP contribution in [0.1, 0.15) is 91.4 Å². The van der Waals surface area contributed by atoms with Crippen LogP contribution in [0, 0.1) is 40.4 Å². The van der Waals surface area contributed by atoms with E-state index in [0.29, 0.717) is 23.7 Å². The summed E-state index contributed by atoms with van der Waals surface area (Å²) in [5.41, 5.74) is 0.234. The third-order valence-corrected chi connectivity index (χ3v) is 10.1. The molecular weight excluding hydrogens is 324 g/mol. The second-order valence-electron chi connectivity index (χ2n) is 10.9. The summed E-state index contributed by atoms with van der Waals surface area (Å²) in [6.45, 7) is 7.09. The first-order valence-electron chi connectivity index (χ1n) is 11.2. The van der Waals surface area contributed by atoms with E-state index in [2.05, 4.69) is 20.8 Å². The van der Waals surface area contributed by atoms with Gasteiger partial charge in [-0.1, -0.05) is 20.8 Å². The lowest BCUT2D eigenvalue weighted by molar-refractivity contribution is -0.153. The van der Waals surface area contributed by atoms with E-state index in [1.54, 1.807) is 0 Å². The van der Waals surface area contributed by atoms with Crippen LogP contribution in [0.15, 0.2) is 0 Å². The summed E-state index contributed by atoms with van der Waals surface area (Å²) < 4.78 is 0. The third-order valence-electron chi connectivity index (χ3n) is 10.1. The van der Waals surface area contributed by atoms with Gasteiger partial charge in [-0.05, 0) is 105 Å². The average Bonchev–Trinajstić information content (AvgIpc) is 2.92. The van der Waals surface area contributed by atoms with Gasteiger partial charge in [-0.15, -0.1) is 0 Å². The molecule has 7 unspecified atom stereocenters. The molecule has 4 saturated carbocycles. The molecule has 148 valence electrons. The van der Waals surface area contributed by atoms with Crippen LogP contribution in [-0.4, -0.2) is 21.8 Å². The molecule has 4 aliphatic carbocycles. The van der Waals surface area contributed by atoms with Gasteiger partial charge in [-0.2, -0.15) is 0 Å². The van der Waals surface area contributed by atoms with Crippen molar-refractivity contribution >= 4 is 5.97 Å². The Kier molecular flexibility index (Phi) is 4.49. The van der Waals surface area contributed by atoms with Crippen molar-refractivity contribution in [2.24, 2.45) is 40.4 Å². The molecule has 0 saturated heterocycles. The summed E-state index contributed by atoms with van der Waals surface area (Å²) >= 11 is 0. The van der Waals surface area contributed by atoms with Crippen molar-refractivity contribution in [1.82, 2.24) is 0 Å². The number of rotatable bonds is 3. The van der Waals surface area contributed by atoms with Gasteiger partial charge in [-0.3, -0.25) is 4.79 Å². The molecule has 0 spiro atoms. The highest BCUT2D eigenvalue weighted by molar-refractivity contribution is 5.67. The number of hydrogen-bond acceptors (Lipinski definition) is 2. The van der Waals surface area contributed by atoms with E-state index in [4.69, 9.17) is 0 Å². The summed E-state index contributed by atoms with van der Waals surface area (Å²) in [4.78, 5) is 11.4. The molecular formula is C23H38O3. The second kappa shape index (κ2) is 6.22. The van der Waals surface area contributed by atoms with E-state index in [9.17, 15) is 15.0 Å². The van der Waals surface area contributed by atoms with Crippen LogP contribution in [0.5, 0.6) is 0 Å². The minimum Gasteiger partial charge on any atom is -0.481 e. The molecule has 0 aromatic heterocycles. The number of aliphatic hydroxyl groups is 1. The molecule has 3 nitrogen and oxygen atoms in total. The molecule has 4 aliphatic rings. The minimum atomic E-state index is -0.610. The lowest BCUT2D eigenvalue weighted by Gasteiger charge is -2.62. The first-order chi connectivity index (χ1) is 12.2. The van der Waals surface area contributed by atoms with Gasteiger partial charge in [0.15, 0.2) is 0 Å². The average molecular weight is 363 g/mol. The third kappa shape index (κ3) is 2.67. The zero-order chi connectivity index (χ0) is 18.7. The fourth-order valence-corrected chi connectivity index (χ4v) is 8.30. The first kappa shape index (κ1) is 18.8. The Morgan fingerprint density at radius 2 is 1.69 bits per heavy atom. The molecule has 0 aromatic carbocycles. The molecule has 0 bridgehead atoms. The van der Waals surface area contributed by atoms with Gasteiger partial charge < -0.3 is 10.2 Å². The molecule has 0 heterocycles. The highest BCUT2D eigenvalue weighted by atomic mass is 16.4. The van der Waals surface area contributed by atoms with Crippen molar-refractivity contribution in [2.45, 2.75) is 97.0 Å². The topological polar surface area (TPSA) is 57.5 Å². The van der Waals surface area contributed by atoms with Crippen LogP contribution in [-0.2, 0) is 4.79 Å². The molecule has 0 aromatic rings. The van der Waals surface area contributed by atoms with Crippen LogP contribution in [0.25, 0.3) is 0 Å². The summed E-state index contributed by atoms with van der Waals surface area (Å²) in [7, 11) is 0. The largest absolute Gasteiger partial charge is 0.481 e. The smallest absolute Gasteiger partial charge is 0.303 e. The Labute approximate surface area is 158 Å². The van der Waals surface area contributed by atoms with Gasteiger partial charge >= 0.3 is 5.97 Å². The zero-order valence-corrected chi connectivity index (χ0v) is 17.0. The Balaban J connectivity index is 1.56. The van der Waals surface area contributed by atoms with E-state index in [1.807, 2.05) is 0 Å².